The van der Waals surface area contributed by atoms with Crippen molar-refractivity contribution in [2.75, 3.05) is 6.61 Å². The van der Waals surface area contributed by atoms with Crippen LogP contribution in [0, 0.1) is 0 Å². The predicted molar refractivity (Wildman–Crippen MR) is 143 cm³/mol. The molecule has 0 spiro atoms. The first kappa shape index (κ1) is 28.0. The van der Waals surface area contributed by atoms with Gasteiger partial charge in [-0.25, -0.2) is 4.79 Å². The number of carbonyl (C=O) groups excluding carboxylic acids is 1. The summed E-state index contributed by atoms with van der Waals surface area (Å²) in [5, 5.41) is 0. The van der Waals surface area contributed by atoms with Crippen LogP contribution in [0.2, 0.25) is 0 Å². The molecule has 0 unspecified atom stereocenters. The molecule has 0 saturated heterocycles. The molecule has 0 atom stereocenters. The topological polar surface area (TPSA) is 35.5 Å². The molecule has 0 saturated carbocycles. The number of aryl methyl sites for hydroxylation is 1. The van der Waals surface area contributed by atoms with Gasteiger partial charge >= 0.3 is 5.97 Å². The lowest BCUT2D eigenvalue weighted by Gasteiger charge is -2.08. The first-order valence-corrected chi connectivity index (χ1v) is 13.8. The van der Waals surface area contributed by atoms with Crippen molar-refractivity contribution in [2.24, 2.45) is 0 Å². The second-order valence-corrected chi connectivity index (χ2v) is 9.40. The minimum Gasteiger partial charge on any atom is -0.494 e. The van der Waals surface area contributed by atoms with Crippen molar-refractivity contribution in [2.45, 2.75) is 110 Å². The number of hydrogen-bond acceptors (Lipinski definition) is 3. The Kier molecular flexibility index (Phi) is 14.9. The highest BCUT2D eigenvalue weighted by molar-refractivity contribution is 5.91. The molecular formula is C31H46O3. The number of carbonyl (C=O) groups is 1. The van der Waals surface area contributed by atoms with E-state index in [0.717, 1.165) is 25.2 Å². The Morgan fingerprint density at radius 3 is 1.68 bits per heavy atom. The van der Waals surface area contributed by atoms with Gasteiger partial charge in [-0.2, -0.15) is 0 Å². The third-order valence-corrected chi connectivity index (χ3v) is 6.31. The van der Waals surface area contributed by atoms with Crippen molar-refractivity contribution >= 4 is 5.97 Å². The lowest BCUT2D eigenvalue weighted by molar-refractivity contribution is 0.0734. The van der Waals surface area contributed by atoms with Gasteiger partial charge in [0.15, 0.2) is 0 Å². The SMILES string of the molecule is CCCCCCCCCCc1ccc(C(=O)Oc2ccc(OCCCCCCCC)cc2)cc1. The van der Waals surface area contributed by atoms with Gasteiger partial charge in [-0.05, 0) is 61.2 Å². The molecular weight excluding hydrogens is 420 g/mol. The zero-order chi connectivity index (χ0) is 24.3. The molecule has 2 aromatic carbocycles. The molecule has 34 heavy (non-hydrogen) atoms. The van der Waals surface area contributed by atoms with Crippen LogP contribution >= 0.6 is 0 Å². The molecule has 0 fully saturated rings. The molecule has 3 heteroatoms. The molecule has 0 aliphatic carbocycles. The predicted octanol–water partition coefficient (Wildman–Crippen LogP) is 9.33. The summed E-state index contributed by atoms with van der Waals surface area (Å²) in [6, 6.07) is 15.2. The van der Waals surface area contributed by atoms with E-state index in [4.69, 9.17) is 9.47 Å². The second kappa shape index (κ2) is 18.1. The van der Waals surface area contributed by atoms with E-state index in [2.05, 4.69) is 26.0 Å². The maximum atomic E-state index is 12.5. The van der Waals surface area contributed by atoms with Gasteiger partial charge in [0.05, 0.1) is 12.2 Å². The molecule has 0 aliphatic rings. The van der Waals surface area contributed by atoms with Crippen molar-refractivity contribution in [1.82, 2.24) is 0 Å². The first-order chi connectivity index (χ1) is 16.7. The van der Waals surface area contributed by atoms with Gasteiger partial charge in [-0.3, -0.25) is 0 Å². The summed E-state index contributed by atoms with van der Waals surface area (Å²) in [5.41, 5.74) is 1.87. The fourth-order valence-electron chi connectivity index (χ4n) is 4.11. The summed E-state index contributed by atoms with van der Waals surface area (Å²) in [7, 11) is 0. The number of hydrogen-bond donors (Lipinski definition) is 0. The van der Waals surface area contributed by atoms with Crippen LogP contribution in [-0.2, 0) is 6.42 Å². The highest BCUT2D eigenvalue weighted by Crippen LogP contribution is 2.20. The third kappa shape index (κ3) is 12.3. The molecule has 0 heterocycles. The van der Waals surface area contributed by atoms with Gasteiger partial charge < -0.3 is 9.47 Å². The maximum Gasteiger partial charge on any atom is 0.343 e. The highest BCUT2D eigenvalue weighted by Gasteiger charge is 2.09. The van der Waals surface area contributed by atoms with Crippen LogP contribution in [0.3, 0.4) is 0 Å². The summed E-state index contributed by atoms with van der Waals surface area (Å²) in [5.74, 6) is 1.04. The van der Waals surface area contributed by atoms with Gasteiger partial charge in [0.1, 0.15) is 11.5 Å². The lowest BCUT2D eigenvalue weighted by atomic mass is 10.0. The van der Waals surface area contributed by atoms with Crippen molar-refractivity contribution in [3.8, 4) is 11.5 Å². The molecule has 2 rings (SSSR count). The summed E-state index contributed by atoms with van der Waals surface area (Å²) >= 11 is 0. The molecule has 3 nitrogen and oxygen atoms in total. The van der Waals surface area contributed by atoms with Crippen LogP contribution < -0.4 is 9.47 Å². The van der Waals surface area contributed by atoms with E-state index in [1.165, 1.54) is 89.0 Å². The van der Waals surface area contributed by atoms with Crippen LogP contribution in [0.15, 0.2) is 48.5 Å². The number of benzene rings is 2. The Morgan fingerprint density at radius 1 is 0.588 bits per heavy atom. The zero-order valence-corrected chi connectivity index (χ0v) is 21.7. The second-order valence-electron chi connectivity index (χ2n) is 9.40. The van der Waals surface area contributed by atoms with Crippen LogP contribution in [0.5, 0.6) is 11.5 Å². The normalized spacial score (nSPS) is 10.9. The minimum absolute atomic E-state index is 0.320. The molecule has 2 aromatic rings. The average Bonchev–Trinajstić information content (AvgIpc) is 2.86. The monoisotopic (exact) mass is 466 g/mol. The number of ether oxygens (including phenoxy) is 2. The van der Waals surface area contributed by atoms with Crippen LogP contribution in [0.25, 0.3) is 0 Å². The van der Waals surface area contributed by atoms with E-state index in [0.29, 0.717) is 11.3 Å². The van der Waals surface area contributed by atoms with Gasteiger partial charge in [0.25, 0.3) is 0 Å². The van der Waals surface area contributed by atoms with Crippen LogP contribution in [-0.4, -0.2) is 12.6 Å². The molecule has 0 bridgehead atoms. The Bertz CT molecular complexity index is 764. The van der Waals surface area contributed by atoms with Crippen molar-refractivity contribution in [3.63, 3.8) is 0 Å². The molecule has 0 aliphatic heterocycles. The number of esters is 1. The summed E-state index contributed by atoms with van der Waals surface area (Å²) in [6.45, 7) is 5.23. The van der Waals surface area contributed by atoms with Gasteiger partial charge in [-0.15, -0.1) is 0 Å². The molecule has 0 N–H and O–H groups in total. The molecule has 0 radical (unpaired) electrons. The number of rotatable bonds is 19. The van der Waals surface area contributed by atoms with E-state index < -0.39 is 0 Å². The van der Waals surface area contributed by atoms with E-state index in [9.17, 15) is 4.79 Å². The molecule has 188 valence electrons. The van der Waals surface area contributed by atoms with E-state index >= 15 is 0 Å². The minimum atomic E-state index is -0.320. The van der Waals surface area contributed by atoms with Gasteiger partial charge in [-0.1, -0.05) is 103 Å². The summed E-state index contributed by atoms with van der Waals surface area (Å²) < 4.78 is 11.3. The highest BCUT2D eigenvalue weighted by atomic mass is 16.5. The van der Waals surface area contributed by atoms with Crippen LogP contribution in [0.4, 0.5) is 0 Å². The largest absolute Gasteiger partial charge is 0.494 e. The first-order valence-electron chi connectivity index (χ1n) is 13.8. The lowest BCUT2D eigenvalue weighted by Crippen LogP contribution is -2.08. The van der Waals surface area contributed by atoms with Gasteiger partial charge in [0, 0.05) is 0 Å². The smallest absolute Gasteiger partial charge is 0.343 e. The molecule has 0 aromatic heterocycles. The average molecular weight is 467 g/mol. The third-order valence-electron chi connectivity index (χ3n) is 6.31. The summed E-state index contributed by atoms with van der Waals surface area (Å²) in [4.78, 5) is 12.5. The van der Waals surface area contributed by atoms with E-state index in [1.807, 2.05) is 24.3 Å². The summed E-state index contributed by atoms with van der Waals surface area (Å²) in [6.07, 6.45) is 19.2. The van der Waals surface area contributed by atoms with Crippen molar-refractivity contribution in [3.05, 3.63) is 59.7 Å². The van der Waals surface area contributed by atoms with E-state index in [1.54, 1.807) is 12.1 Å². The van der Waals surface area contributed by atoms with Gasteiger partial charge in [0.2, 0.25) is 0 Å². The Labute approximate surface area is 208 Å². The van der Waals surface area contributed by atoms with Crippen molar-refractivity contribution < 1.29 is 14.3 Å². The fourth-order valence-corrected chi connectivity index (χ4v) is 4.11. The molecule has 0 amide bonds. The Hall–Kier alpha value is -2.29. The zero-order valence-electron chi connectivity index (χ0n) is 21.7. The number of unbranched alkanes of at least 4 members (excludes halogenated alkanes) is 12. The van der Waals surface area contributed by atoms with E-state index in [-0.39, 0.29) is 5.97 Å². The van der Waals surface area contributed by atoms with Crippen molar-refractivity contribution in [1.29, 1.82) is 0 Å². The Morgan fingerprint density at radius 2 is 1.09 bits per heavy atom. The van der Waals surface area contributed by atoms with Crippen LogP contribution in [0.1, 0.15) is 120 Å². The standard InChI is InChI=1S/C31H46O3/c1-3-5-7-9-11-12-13-15-17-27-18-20-28(21-19-27)31(32)34-30-24-22-29(23-25-30)33-26-16-14-10-8-6-4-2/h18-25H,3-17,26H2,1-2H3. The quantitative estimate of drug-likeness (QED) is 0.117. The maximum absolute atomic E-state index is 12.5. The fraction of sp³-hybridized carbons (Fsp3) is 0.581. The Balaban J connectivity index is 1.63.